The molecule has 2 aromatic carbocycles. The van der Waals surface area contributed by atoms with Gasteiger partial charge in [0.2, 0.25) is 5.88 Å². The highest BCUT2D eigenvalue weighted by Gasteiger charge is 2.12. The van der Waals surface area contributed by atoms with Crippen LogP contribution in [-0.2, 0) is 0 Å². The van der Waals surface area contributed by atoms with Crippen molar-refractivity contribution < 1.29 is 9.52 Å². The van der Waals surface area contributed by atoms with Gasteiger partial charge in [0.1, 0.15) is 17.0 Å². The second-order valence-electron chi connectivity index (χ2n) is 5.82. The Balaban J connectivity index is 1.76. The van der Waals surface area contributed by atoms with Gasteiger partial charge in [-0.1, -0.05) is 18.2 Å². The van der Waals surface area contributed by atoms with Crippen LogP contribution in [0.2, 0.25) is 0 Å². The van der Waals surface area contributed by atoms with Gasteiger partial charge in [-0.3, -0.25) is 9.38 Å². The SMILES string of the molecule is Cc1nc2cnc3cc(-c4cc5ccccc5o4)ccc3n2c1O. The van der Waals surface area contributed by atoms with Gasteiger partial charge in [-0.15, -0.1) is 0 Å². The molecule has 3 heterocycles. The molecule has 5 aromatic rings. The molecule has 3 aromatic heterocycles. The summed E-state index contributed by atoms with van der Waals surface area (Å²) in [5.74, 6) is 0.944. The van der Waals surface area contributed by atoms with E-state index in [2.05, 4.69) is 9.97 Å². The first-order valence-electron chi connectivity index (χ1n) is 7.66. The number of benzene rings is 2. The fourth-order valence-corrected chi connectivity index (χ4v) is 3.09. The molecule has 24 heavy (non-hydrogen) atoms. The summed E-state index contributed by atoms with van der Waals surface area (Å²) in [6, 6.07) is 15.8. The monoisotopic (exact) mass is 315 g/mol. The maximum absolute atomic E-state index is 10.2. The zero-order chi connectivity index (χ0) is 16.3. The minimum Gasteiger partial charge on any atom is -0.493 e. The number of aromatic hydroxyl groups is 1. The van der Waals surface area contributed by atoms with Crippen molar-refractivity contribution in [1.29, 1.82) is 0 Å². The molecule has 0 atom stereocenters. The van der Waals surface area contributed by atoms with Gasteiger partial charge in [0.15, 0.2) is 5.65 Å². The second-order valence-corrected chi connectivity index (χ2v) is 5.82. The molecule has 0 radical (unpaired) electrons. The molecule has 116 valence electrons. The van der Waals surface area contributed by atoms with Crippen LogP contribution in [0.15, 0.2) is 59.1 Å². The Bertz CT molecular complexity index is 1200. The molecule has 0 aliphatic carbocycles. The summed E-state index contributed by atoms with van der Waals surface area (Å²) >= 11 is 0. The Morgan fingerprint density at radius 1 is 1.08 bits per heavy atom. The standard InChI is InChI=1S/C19H13N3O2/c1-11-19(23)22-15-7-6-13(8-14(15)20-10-18(22)21-11)17-9-12-4-2-3-5-16(12)24-17/h2-10,23H,1H3. The van der Waals surface area contributed by atoms with Crippen molar-refractivity contribution in [2.75, 3.05) is 0 Å². The van der Waals surface area contributed by atoms with Gasteiger partial charge in [0.05, 0.1) is 17.2 Å². The Morgan fingerprint density at radius 3 is 2.83 bits per heavy atom. The van der Waals surface area contributed by atoms with E-state index in [1.165, 1.54) is 0 Å². The molecule has 0 unspecified atom stereocenters. The van der Waals surface area contributed by atoms with E-state index in [9.17, 15) is 5.11 Å². The zero-order valence-corrected chi connectivity index (χ0v) is 12.9. The van der Waals surface area contributed by atoms with E-state index in [4.69, 9.17) is 4.42 Å². The Labute approximate surface area is 136 Å². The van der Waals surface area contributed by atoms with Crippen LogP contribution in [0.3, 0.4) is 0 Å². The minimum absolute atomic E-state index is 0.147. The van der Waals surface area contributed by atoms with Gasteiger partial charge in [0, 0.05) is 10.9 Å². The fourth-order valence-electron chi connectivity index (χ4n) is 3.09. The van der Waals surface area contributed by atoms with Gasteiger partial charge >= 0.3 is 0 Å². The van der Waals surface area contributed by atoms with Gasteiger partial charge in [-0.2, -0.15) is 0 Å². The van der Waals surface area contributed by atoms with Crippen LogP contribution in [0.5, 0.6) is 5.88 Å². The molecule has 0 aliphatic rings. The molecular weight excluding hydrogens is 302 g/mol. The normalized spacial score (nSPS) is 11.7. The average molecular weight is 315 g/mol. The molecule has 1 N–H and O–H groups in total. The van der Waals surface area contributed by atoms with E-state index in [1.54, 1.807) is 17.5 Å². The van der Waals surface area contributed by atoms with E-state index in [1.807, 2.05) is 48.5 Å². The first kappa shape index (κ1) is 13.1. The van der Waals surface area contributed by atoms with Crippen molar-refractivity contribution in [2.45, 2.75) is 6.92 Å². The number of aryl methyl sites for hydroxylation is 1. The molecular formula is C19H13N3O2. The van der Waals surface area contributed by atoms with Crippen LogP contribution in [0, 0.1) is 6.92 Å². The number of rotatable bonds is 1. The summed E-state index contributed by atoms with van der Waals surface area (Å²) in [6.07, 6.45) is 1.66. The van der Waals surface area contributed by atoms with Crippen molar-refractivity contribution in [1.82, 2.24) is 14.4 Å². The van der Waals surface area contributed by atoms with Crippen LogP contribution >= 0.6 is 0 Å². The maximum atomic E-state index is 10.2. The van der Waals surface area contributed by atoms with E-state index >= 15 is 0 Å². The average Bonchev–Trinajstić information content (AvgIpc) is 3.16. The highest BCUT2D eigenvalue weighted by atomic mass is 16.3. The smallest absolute Gasteiger partial charge is 0.219 e. The van der Waals surface area contributed by atoms with E-state index in [0.29, 0.717) is 11.3 Å². The van der Waals surface area contributed by atoms with Gasteiger partial charge < -0.3 is 9.52 Å². The second kappa shape index (κ2) is 4.58. The third kappa shape index (κ3) is 1.75. The summed E-state index contributed by atoms with van der Waals surface area (Å²) in [4.78, 5) is 8.77. The van der Waals surface area contributed by atoms with Crippen molar-refractivity contribution in [3.8, 4) is 17.2 Å². The number of hydrogen-bond donors (Lipinski definition) is 1. The number of hydrogen-bond acceptors (Lipinski definition) is 4. The molecule has 0 amide bonds. The van der Waals surface area contributed by atoms with E-state index in [0.717, 1.165) is 33.3 Å². The lowest BCUT2D eigenvalue weighted by atomic mass is 10.1. The highest BCUT2D eigenvalue weighted by Crippen LogP contribution is 2.30. The van der Waals surface area contributed by atoms with Crippen LogP contribution in [0.25, 0.3) is 39.0 Å². The predicted molar refractivity (Wildman–Crippen MR) is 92.1 cm³/mol. The largest absolute Gasteiger partial charge is 0.493 e. The lowest BCUT2D eigenvalue weighted by molar-refractivity contribution is 0.446. The quantitative estimate of drug-likeness (QED) is 0.500. The summed E-state index contributed by atoms with van der Waals surface area (Å²) in [5.41, 5.74) is 4.61. The fraction of sp³-hybridized carbons (Fsp3) is 0.0526. The lowest BCUT2D eigenvalue weighted by Gasteiger charge is -2.04. The number of imidazole rings is 1. The van der Waals surface area contributed by atoms with Crippen molar-refractivity contribution in [2.24, 2.45) is 0 Å². The first-order valence-corrected chi connectivity index (χ1v) is 7.66. The van der Waals surface area contributed by atoms with Crippen molar-refractivity contribution in [3.05, 3.63) is 60.4 Å². The number of aromatic nitrogens is 3. The molecule has 5 heteroatoms. The molecule has 0 aliphatic heterocycles. The van der Waals surface area contributed by atoms with Gasteiger partial charge in [-0.05, 0) is 37.3 Å². The number of nitrogens with zero attached hydrogens (tertiary/aromatic N) is 3. The summed E-state index contributed by atoms with van der Waals surface area (Å²) in [5, 5.41) is 11.3. The van der Waals surface area contributed by atoms with E-state index < -0.39 is 0 Å². The molecule has 0 saturated carbocycles. The van der Waals surface area contributed by atoms with Crippen LogP contribution in [0.4, 0.5) is 0 Å². The molecule has 5 rings (SSSR count). The maximum Gasteiger partial charge on any atom is 0.219 e. The third-order valence-corrected chi connectivity index (χ3v) is 4.29. The Kier molecular flexibility index (Phi) is 2.51. The Morgan fingerprint density at radius 2 is 1.96 bits per heavy atom. The molecule has 0 spiro atoms. The Hall–Kier alpha value is -3.34. The number of fused-ring (bicyclic) bond motifs is 4. The van der Waals surface area contributed by atoms with Gasteiger partial charge in [-0.25, -0.2) is 4.98 Å². The summed E-state index contributed by atoms with van der Waals surface area (Å²) in [7, 11) is 0. The van der Waals surface area contributed by atoms with Crippen molar-refractivity contribution in [3.63, 3.8) is 0 Å². The number of furan rings is 1. The predicted octanol–water partition coefficient (Wildman–Crippen LogP) is 4.31. The molecule has 0 fully saturated rings. The topological polar surface area (TPSA) is 63.6 Å². The van der Waals surface area contributed by atoms with Crippen molar-refractivity contribution >= 4 is 27.6 Å². The third-order valence-electron chi connectivity index (χ3n) is 4.29. The zero-order valence-electron chi connectivity index (χ0n) is 12.9. The number of para-hydroxylation sites is 1. The van der Waals surface area contributed by atoms with Crippen LogP contribution < -0.4 is 0 Å². The van der Waals surface area contributed by atoms with Crippen LogP contribution in [0.1, 0.15) is 5.69 Å². The summed E-state index contributed by atoms with van der Waals surface area (Å²) in [6.45, 7) is 1.77. The minimum atomic E-state index is 0.147. The molecule has 0 saturated heterocycles. The van der Waals surface area contributed by atoms with E-state index in [-0.39, 0.29) is 5.88 Å². The first-order chi connectivity index (χ1) is 11.7. The molecule has 0 bridgehead atoms. The molecule has 5 nitrogen and oxygen atoms in total. The van der Waals surface area contributed by atoms with Gasteiger partial charge in [0.25, 0.3) is 0 Å². The lowest BCUT2D eigenvalue weighted by Crippen LogP contribution is -1.91. The van der Waals surface area contributed by atoms with Crippen LogP contribution in [-0.4, -0.2) is 19.5 Å². The summed E-state index contributed by atoms with van der Waals surface area (Å²) < 4.78 is 7.63. The highest BCUT2D eigenvalue weighted by molar-refractivity contribution is 5.87.